The Morgan fingerprint density at radius 3 is 2.38 bits per heavy atom. The molecule has 2 aromatic rings. The van der Waals surface area contributed by atoms with Crippen molar-refractivity contribution in [3.05, 3.63) is 81.7 Å². The Kier molecular flexibility index (Phi) is 8.82. The number of aryl methyl sites for hydroxylation is 2. The molecule has 3 rings (SSSR count). The van der Waals surface area contributed by atoms with Gasteiger partial charge in [-0.25, -0.2) is 4.79 Å². The summed E-state index contributed by atoms with van der Waals surface area (Å²) in [7, 11) is 3.24. The van der Waals surface area contributed by atoms with Crippen LogP contribution in [0.15, 0.2) is 65.0 Å². The predicted molar refractivity (Wildman–Crippen MR) is 135 cm³/mol. The molecule has 0 saturated heterocycles. The SMILES string of the molecule is COc1ccccc1CCC1=C(C(=O)CS)CC(C(=O)OCc2cccc(C)c2OC)=C(C)N1. The van der Waals surface area contributed by atoms with Gasteiger partial charge in [-0.2, -0.15) is 12.6 Å². The first-order chi connectivity index (χ1) is 16.4. The van der Waals surface area contributed by atoms with Crippen LogP contribution in [0.3, 0.4) is 0 Å². The molecule has 0 saturated carbocycles. The summed E-state index contributed by atoms with van der Waals surface area (Å²) in [5.41, 5.74) is 5.31. The number of carbonyl (C=O) groups is 2. The van der Waals surface area contributed by atoms with Gasteiger partial charge in [0.2, 0.25) is 0 Å². The highest BCUT2D eigenvalue weighted by atomic mass is 32.1. The maximum atomic E-state index is 13.0. The van der Waals surface area contributed by atoms with Crippen molar-refractivity contribution in [3.8, 4) is 11.5 Å². The molecule has 0 radical (unpaired) electrons. The van der Waals surface area contributed by atoms with Crippen LogP contribution >= 0.6 is 12.6 Å². The van der Waals surface area contributed by atoms with Crippen LogP contribution in [0.5, 0.6) is 11.5 Å². The number of nitrogens with one attached hydrogen (secondary N) is 1. The van der Waals surface area contributed by atoms with Crippen LogP contribution in [-0.4, -0.2) is 31.7 Å². The molecule has 0 spiro atoms. The molecule has 0 fully saturated rings. The summed E-state index contributed by atoms with van der Waals surface area (Å²) in [5, 5.41) is 3.29. The monoisotopic (exact) mass is 481 g/mol. The highest BCUT2D eigenvalue weighted by Crippen LogP contribution is 2.30. The molecule has 0 unspecified atom stereocenters. The highest BCUT2D eigenvalue weighted by Gasteiger charge is 2.27. The first-order valence-corrected chi connectivity index (χ1v) is 11.8. The van der Waals surface area contributed by atoms with E-state index in [2.05, 4.69) is 17.9 Å². The number of benzene rings is 2. The second-order valence-corrected chi connectivity index (χ2v) is 8.42. The summed E-state index contributed by atoms with van der Waals surface area (Å²) < 4.78 is 16.5. The number of dihydropyridines is 1. The smallest absolute Gasteiger partial charge is 0.336 e. The number of hydrogen-bond acceptors (Lipinski definition) is 7. The fourth-order valence-corrected chi connectivity index (χ4v) is 4.30. The van der Waals surface area contributed by atoms with Crippen molar-refractivity contribution in [3.63, 3.8) is 0 Å². The number of Topliss-reactive ketones (excluding diaryl/α,β-unsaturated/α-hetero) is 1. The standard InChI is InChI=1S/C27H31NO5S/c1-17-8-7-10-20(26(17)32-4)15-33-27(30)21-14-22(24(29)16-34)23(28-18(21)2)13-12-19-9-5-6-11-25(19)31-3/h5-11,28,34H,12-16H2,1-4H3. The van der Waals surface area contributed by atoms with E-state index in [1.54, 1.807) is 14.2 Å². The Balaban J connectivity index is 1.75. The average molecular weight is 482 g/mol. The minimum atomic E-state index is -0.457. The van der Waals surface area contributed by atoms with Gasteiger partial charge in [0.15, 0.2) is 5.78 Å². The molecule has 34 heavy (non-hydrogen) atoms. The summed E-state index contributed by atoms with van der Waals surface area (Å²) >= 11 is 4.18. The summed E-state index contributed by atoms with van der Waals surface area (Å²) in [4.78, 5) is 25.7. The van der Waals surface area contributed by atoms with Gasteiger partial charge in [-0.1, -0.05) is 36.4 Å². The maximum Gasteiger partial charge on any atom is 0.336 e. The molecule has 1 heterocycles. The average Bonchev–Trinajstić information content (AvgIpc) is 2.85. The number of ketones is 1. The van der Waals surface area contributed by atoms with E-state index in [9.17, 15) is 9.59 Å². The van der Waals surface area contributed by atoms with Crippen molar-refractivity contribution in [2.75, 3.05) is 20.0 Å². The fraction of sp³-hybridized carbons (Fsp3) is 0.333. The fourth-order valence-electron chi connectivity index (χ4n) is 4.11. The van der Waals surface area contributed by atoms with Crippen LogP contribution in [0.2, 0.25) is 0 Å². The second kappa shape index (κ2) is 11.8. The molecule has 0 aromatic heterocycles. The normalized spacial score (nSPS) is 13.4. The number of methoxy groups -OCH3 is 2. The molecule has 0 bridgehead atoms. The van der Waals surface area contributed by atoms with E-state index in [4.69, 9.17) is 14.2 Å². The molecule has 2 aromatic carbocycles. The van der Waals surface area contributed by atoms with Crippen molar-refractivity contribution >= 4 is 24.4 Å². The quantitative estimate of drug-likeness (QED) is 0.378. The topological polar surface area (TPSA) is 73.9 Å². The van der Waals surface area contributed by atoms with Gasteiger partial charge in [-0.15, -0.1) is 0 Å². The number of hydrogen-bond donors (Lipinski definition) is 2. The lowest BCUT2D eigenvalue weighted by molar-refractivity contribution is -0.140. The van der Waals surface area contributed by atoms with E-state index in [-0.39, 0.29) is 24.6 Å². The molecule has 1 aliphatic heterocycles. The Hall–Kier alpha value is -3.19. The van der Waals surface area contributed by atoms with Crippen LogP contribution < -0.4 is 14.8 Å². The number of ether oxygens (including phenoxy) is 3. The van der Waals surface area contributed by atoms with Gasteiger partial charge in [0.1, 0.15) is 18.1 Å². The minimum Gasteiger partial charge on any atom is -0.496 e. The van der Waals surface area contributed by atoms with E-state index < -0.39 is 5.97 Å². The molecule has 1 N–H and O–H groups in total. The van der Waals surface area contributed by atoms with E-state index in [0.29, 0.717) is 35.4 Å². The molecule has 0 aliphatic carbocycles. The number of thiol groups is 1. The van der Waals surface area contributed by atoms with Crippen molar-refractivity contribution in [2.24, 2.45) is 0 Å². The molecular formula is C27H31NO5S. The van der Waals surface area contributed by atoms with Gasteiger partial charge in [0, 0.05) is 29.0 Å². The van der Waals surface area contributed by atoms with Crippen LogP contribution in [0.1, 0.15) is 36.5 Å². The lowest BCUT2D eigenvalue weighted by Crippen LogP contribution is -2.28. The van der Waals surface area contributed by atoms with Gasteiger partial charge < -0.3 is 19.5 Å². The third-order valence-electron chi connectivity index (χ3n) is 5.93. The Labute approximate surface area is 206 Å². The van der Waals surface area contributed by atoms with Crippen molar-refractivity contribution in [1.82, 2.24) is 5.32 Å². The van der Waals surface area contributed by atoms with E-state index >= 15 is 0 Å². The number of allylic oxidation sites excluding steroid dienone is 3. The van der Waals surface area contributed by atoms with Crippen LogP contribution in [0, 0.1) is 6.92 Å². The molecule has 6 nitrogen and oxygen atoms in total. The molecule has 7 heteroatoms. The third-order valence-corrected chi connectivity index (χ3v) is 6.22. The van der Waals surface area contributed by atoms with E-state index in [1.165, 1.54) is 0 Å². The minimum absolute atomic E-state index is 0.0665. The van der Waals surface area contributed by atoms with E-state index in [1.807, 2.05) is 56.3 Å². The lowest BCUT2D eigenvalue weighted by atomic mass is 9.92. The first kappa shape index (κ1) is 25.4. The number of carbonyl (C=O) groups excluding carboxylic acids is 2. The molecule has 0 amide bonds. The highest BCUT2D eigenvalue weighted by molar-refractivity contribution is 7.81. The van der Waals surface area contributed by atoms with Crippen molar-refractivity contribution in [1.29, 1.82) is 0 Å². The van der Waals surface area contributed by atoms with Crippen LogP contribution in [0.25, 0.3) is 0 Å². The predicted octanol–water partition coefficient (Wildman–Crippen LogP) is 4.71. The van der Waals surface area contributed by atoms with Crippen LogP contribution in [-0.2, 0) is 27.4 Å². The summed E-state index contributed by atoms with van der Waals surface area (Å²) in [5.74, 6) is 1.01. The first-order valence-electron chi connectivity index (χ1n) is 11.1. The van der Waals surface area contributed by atoms with Gasteiger partial charge in [-0.05, 0) is 43.9 Å². The zero-order chi connectivity index (χ0) is 24.7. The lowest BCUT2D eigenvalue weighted by Gasteiger charge is -2.25. The Morgan fingerprint density at radius 1 is 0.941 bits per heavy atom. The molecule has 180 valence electrons. The summed E-state index contributed by atoms with van der Waals surface area (Å²) in [6, 6.07) is 13.5. The van der Waals surface area contributed by atoms with E-state index in [0.717, 1.165) is 28.1 Å². The molecular weight excluding hydrogens is 450 g/mol. The molecule has 1 aliphatic rings. The van der Waals surface area contributed by atoms with Gasteiger partial charge >= 0.3 is 5.97 Å². The second-order valence-electron chi connectivity index (χ2n) is 8.10. The number of esters is 1. The number of para-hydroxylation sites is 2. The zero-order valence-electron chi connectivity index (χ0n) is 20.1. The Morgan fingerprint density at radius 2 is 1.68 bits per heavy atom. The van der Waals surface area contributed by atoms with Crippen molar-refractivity contribution < 1.29 is 23.8 Å². The van der Waals surface area contributed by atoms with Crippen molar-refractivity contribution in [2.45, 2.75) is 39.7 Å². The van der Waals surface area contributed by atoms with Gasteiger partial charge in [0.25, 0.3) is 0 Å². The van der Waals surface area contributed by atoms with Crippen LogP contribution in [0.4, 0.5) is 0 Å². The maximum absolute atomic E-state index is 13.0. The summed E-state index contributed by atoms with van der Waals surface area (Å²) in [6.45, 7) is 3.85. The largest absolute Gasteiger partial charge is 0.496 e. The Bertz CT molecular complexity index is 1140. The molecule has 0 atom stereocenters. The number of rotatable bonds is 10. The summed E-state index contributed by atoms with van der Waals surface area (Å²) in [6.07, 6.45) is 1.51. The zero-order valence-corrected chi connectivity index (χ0v) is 21.0. The third kappa shape index (κ3) is 5.83. The van der Waals surface area contributed by atoms with Gasteiger partial charge in [0.05, 0.1) is 25.5 Å². The van der Waals surface area contributed by atoms with Gasteiger partial charge in [-0.3, -0.25) is 4.79 Å².